The van der Waals surface area contributed by atoms with Crippen LogP contribution < -0.4 is 0 Å². The minimum absolute atomic E-state index is 0.0897. The lowest BCUT2D eigenvalue weighted by Crippen LogP contribution is -2.22. The Balaban J connectivity index is 2.35. The Morgan fingerprint density at radius 3 is 2.39 bits per heavy atom. The summed E-state index contributed by atoms with van der Waals surface area (Å²) in [6, 6.07) is 7.63. The topological polar surface area (TPSA) is 96.2 Å². The van der Waals surface area contributed by atoms with Crippen molar-refractivity contribution in [1.82, 2.24) is 0 Å². The highest BCUT2D eigenvalue weighted by Gasteiger charge is 2.21. The third-order valence-electron chi connectivity index (χ3n) is 1.98. The smallest absolute Gasteiger partial charge is 0.394 e. The quantitative estimate of drug-likeness (QED) is 0.481. The van der Waals surface area contributed by atoms with Gasteiger partial charge >= 0.3 is 7.82 Å². The number of aliphatic hydroxyl groups is 1. The van der Waals surface area contributed by atoms with E-state index in [9.17, 15) is 4.57 Å². The highest BCUT2D eigenvalue weighted by Crippen LogP contribution is 2.37. The summed E-state index contributed by atoms with van der Waals surface area (Å²) in [4.78, 5) is 17.2. The normalized spacial score (nSPS) is 13.6. The third kappa shape index (κ3) is 6.79. The van der Waals surface area contributed by atoms with Gasteiger partial charge in [-0.3, -0.25) is 4.52 Å². The van der Waals surface area contributed by atoms with Gasteiger partial charge in [0.1, 0.15) is 6.10 Å². The van der Waals surface area contributed by atoms with Crippen molar-refractivity contribution in [2.24, 2.45) is 0 Å². The first-order valence-electron chi connectivity index (χ1n) is 5.07. The van der Waals surface area contributed by atoms with E-state index >= 15 is 0 Å². The maximum absolute atomic E-state index is 10.6. The predicted molar refractivity (Wildman–Crippen MR) is 72.8 cm³/mol. The van der Waals surface area contributed by atoms with Crippen LogP contribution in [0.2, 0.25) is 0 Å². The maximum Gasteiger partial charge on any atom is 0.470 e. The predicted octanol–water partition coefficient (Wildman–Crippen LogP) is 1.28. The largest absolute Gasteiger partial charge is 0.470 e. The summed E-state index contributed by atoms with van der Waals surface area (Å²) in [5.74, 6) is 0. The molecule has 3 N–H and O–H groups in total. The minimum atomic E-state index is -4.60. The first-order valence-corrected chi connectivity index (χ1v) is 7.68. The second-order valence-corrected chi connectivity index (χ2v) is 5.98. The summed E-state index contributed by atoms with van der Waals surface area (Å²) < 4.78 is 21.2. The Labute approximate surface area is 118 Å². The number of hydrogen-bond acceptors (Lipinski definition) is 4. The van der Waals surface area contributed by atoms with Crippen molar-refractivity contribution in [1.29, 1.82) is 0 Å². The molecule has 0 spiro atoms. The molecule has 18 heavy (non-hydrogen) atoms. The number of phosphoric acid groups is 1. The summed E-state index contributed by atoms with van der Waals surface area (Å²) in [6.45, 7) is -0.316. The molecule has 0 aliphatic rings. The molecule has 0 radical (unpaired) electrons. The summed E-state index contributed by atoms with van der Waals surface area (Å²) in [7, 11) is -4.60. The van der Waals surface area contributed by atoms with E-state index in [1.54, 1.807) is 0 Å². The lowest BCUT2D eigenvalue weighted by atomic mass is 10.2. The fourth-order valence-corrected chi connectivity index (χ4v) is 2.08. The van der Waals surface area contributed by atoms with Crippen molar-refractivity contribution in [3.05, 3.63) is 33.4 Å². The van der Waals surface area contributed by atoms with Gasteiger partial charge in [0.15, 0.2) is 0 Å². The molecule has 0 aliphatic carbocycles. The number of rotatable bonds is 7. The molecule has 8 heteroatoms. The summed E-state index contributed by atoms with van der Waals surface area (Å²) in [6.07, 6.45) is -1.03. The van der Waals surface area contributed by atoms with E-state index in [0.29, 0.717) is 0 Å². The lowest BCUT2D eigenvalue weighted by molar-refractivity contribution is -0.000661. The Morgan fingerprint density at radius 1 is 1.28 bits per heavy atom. The van der Waals surface area contributed by atoms with Gasteiger partial charge in [-0.1, -0.05) is 12.1 Å². The molecule has 0 fully saturated rings. The minimum Gasteiger partial charge on any atom is -0.394 e. The molecule has 0 bridgehead atoms. The molecule has 102 valence electrons. The second-order valence-electron chi connectivity index (χ2n) is 3.54. The Hall–Kier alpha value is -0.0200. The molecule has 0 amide bonds. The first-order chi connectivity index (χ1) is 8.40. The van der Waals surface area contributed by atoms with Crippen molar-refractivity contribution in [2.75, 3.05) is 13.2 Å². The summed E-state index contributed by atoms with van der Waals surface area (Å²) in [5.41, 5.74) is 0.934. The van der Waals surface area contributed by atoms with Crippen LogP contribution in [0.1, 0.15) is 5.56 Å². The molecule has 0 saturated carbocycles. The maximum atomic E-state index is 10.6. The molecule has 0 saturated heterocycles. The van der Waals surface area contributed by atoms with Gasteiger partial charge in [0.2, 0.25) is 0 Å². The molecule has 0 aliphatic heterocycles. The molecule has 1 aromatic rings. The fourth-order valence-electron chi connectivity index (χ4n) is 1.20. The summed E-state index contributed by atoms with van der Waals surface area (Å²) in [5, 5.41) is 8.87. The van der Waals surface area contributed by atoms with Gasteiger partial charge in [0, 0.05) is 3.57 Å². The Kier molecular flexibility index (Phi) is 6.72. The molecule has 1 rings (SSSR count). The molecule has 1 aromatic carbocycles. The number of aliphatic hydroxyl groups excluding tert-OH is 1. The third-order valence-corrected chi connectivity index (χ3v) is 3.27. The van der Waals surface area contributed by atoms with Crippen LogP contribution in [0.5, 0.6) is 0 Å². The number of phosphoric ester groups is 1. The molecule has 0 heterocycles. The van der Waals surface area contributed by atoms with Crippen LogP contribution in [0.4, 0.5) is 0 Å². The van der Waals surface area contributed by atoms with Gasteiger partial charge in [-0.05, 0) is 40.3 Å². The second kappa shape index (κ2) is 7.54. The molecular weight excluding hydrogens is 374 g/mol. The number of ether oxygens (including phenoxy) is 1. The van der Waals surface area contributed by atoms with Gasteiger partial charge in [-0.2, -0.15) is 0 Å². The molecule has 0 aromatic heterocycles. The van der Waals surface area contributed by atoms with Crippen molar-refractivity contribution in [3.63, 3.8) is 0 Å². The van der Waals surface area contributed by atoms with E-state index in [4.69, 9.17) is 19.6 Å². The van der Waals surface area contributed by atoms with Crippen molar-refractivity contribution in [2.45, 2.75) is 12.7 Å². The van der Waals surface area contributed by atoms with E-state index in [-0.39, 0.29) is 13.2 Å². The van der Waals surface area contributed by atoms with Gasteiger partial charge in [-0.25, -0.2) is 4.57 Å². The zero-order chi connectivity index (χ0) is 13.6. The van der Waals surface area contributed by atoms with Gasteiger partial charge in [0.25, 0.3) is 0 Å². The Morgan fingerprint density at radius 2 is 1.89 bits per heavy atom. The fraction of sp³-hybridized carbons (Fsp3) is 0.400. The van der Waals surface area contributed by atoms with Gasteiger partial charge in [-0.15, -0.1) is 0 Å². The molecule has 0 unspecified atom stereocenters. The number of halogens is 1. The van der Waals surface area contributed by atoms with E-state index < -0.39 is 20.5 Å². The van der Waals surface area contributed by atoms with Crippen LogP contribution in [-0.4, -0.2) is 34.2 Å². The van der Waals surface area contributed by atoms with E-state index in [1.165, 1.54) is 0 Å². The highest BCUT2D eigenvalue weighted by atomic mass is 127. The van der Waals surface area contributed by atoms with Crippen LogP contribution in [0, 0.1) is 3.57 Å². The standard InChI is InChI=1S/C10H14IO6P/c11-9-3-1-8(2-4-9)6-16-7-10(5-12)17-18(13,14)15/h1-4,10,12H,5-7H2,(H2,13,14,15)/t10-/m1/s1. The van der Waals surface area contributed by atoms with E-state index in [2.05, 4.69) is 27.1 Å². The number of benzene rings is 1. The van der Waals surface area contributed by atoms with Crippen molar-refractivity contribution < 1.29 is 28.7 Å². The molecule has 6 nitrogen and oxygen atoms in total. The van der Waals surface area contributed by atoms with Crippen LogP contribution in [-0.2, 0) is 20.4 Å². The van der Waals surface area contributed by atoms with Crippen molar-refractivity contribution >= 4 is 30.4 Å². The van der Waals surface area contributed by atoms with Crippen LogP contribution in [0.25, 0.3) is 0 Å². The van der Waals surface area contributed by atoms with Crippen LogP contribution >= 0.6 is 30.4 Å². The molecule has 1 atom stereocenters. The van der Waals surface area contributed by atoms with E-state index in [0.717, 1.165) is 9.13 Å². The first kappa shape index (κ1) is 16.0. The average molecular weight is 388 g/mol. The highest BCUT2D eigenvalue weighted by molar-refractivity contribution is 14.1. The monoisotopic (exact) mass is 388 g/mol. The zero-order valence-corrected chi connectivity index (χ0v) is 12.5. The van der Waals surface area contributed by atoms with Crippen molar-refractivity contribution in [3.8, 4) is 0 Å². The average Bonchev–Trinajstić information content (AvgIpc) is 2.29. The van der Waals surface area contributed by atoms with Crippen LogP contribution in [0.15, 0.2) is 24.3 Å². The number of hydrogen-bond donors (Lipinski definition) is 3. The SMILES string of the molecule is O=P(O)(O)O[C@H](CO)COCc1ccc(I)cc1. The lowest BCUT2D eigenvalue weighted by Gasteiger charge is -2.15. The zero-order valence-electron chi connectivity index (χ0n) is 9.40. The molecular formula is C10H14IO6P. The van der Waals surface area contributed by atoms with Gasteiger partial charge < -0.3 is 19.6 Å². The van der Waals surface area contributed by atoms with Gasteiger partial charge in [0.05, 0.1) is 19.8 Å². The summed E-state index contributed by atoms with van der Waals surface area (Å²) >= 11 is 2.19. The Bertz CT molecular complexity index is 403. The van der Waals surface area contributed by atoms with Crippen LogP contribution in [0.3, 0.4) is 0 Å². The van der Waals surface area contributed by atoms with E-state index in [1.807, 2.05) is 24.3 Å².